The Morgan fingerprint density at radius 3 is 2.80 bits per heavy atom. The van der Waals surface area contributed by atoms with E-state index in [1.54, 1.807) is 14.1 Å². The van der Waals surface area contributed by atoms with Gasteiger partial charge in [-0.3, -0.25) is 0 Å². The molecule has 1 rings (SSSR count). The Labute approximate surface area is 121 Å². The molecule has 0 atom stereocenters. The van der Waals surface area contributed by atoms with E-state index in [1.807, 2.05) is 18.2 Å². The third-order valence-corrected chi connectivity index (χ3v) is 2.68. The van der Waals surface area contributed by atoms with E-state index in [4.69, 9.17) is 4.74 Å². The van der Waals surface area contributed by atoms with Crippen LogP contribution in [0.5, 0.6) is 5.75 Å². The van der Waals surface area contributed by atoms with Gasteiger partial charge >= 0.3 is 6.03 Å². The maximum Gasteiger partial charge on any atom is 0.316 e. The fourth-order valence-electron chi connectivity index (χ4n) is 1.61. The Kier molecular flexibility index (Phi) is 7.50. The van der Waals surface area contributed by atoms with Gasteiger partial charge in [0.25, 0.3) is 0 Å². The van der Waals surface area contributed by atoms with E-state index in [9.17, 15) is 4.79 Å². The molecule has 0 aromatic heterocycles. The van der Waals surface area contributed by atoms with E-state index >= 15 is 0 Å². The van der Waals surface area contributed by atoms with Crippen LogP contribution in [0.4, 0.5) is 4.79 Å². The van der Waals surface area contributed by atoms with Crippen molar-refractivity contribution in [1.29, 1.82) is 0 Å². The number of nitrogens with one attached hydrogen (secondary N) is 2. The normalized spacial score (nSPS) is 10.2. The molecule has 2 N–H and O–H groups in total. The molecule has 5 nitrogen and oxygen atoms in total. The molecule has 0 aliphatic heterocycles. The lowest BCUT2D eigenvalue weighted by atomic mass is 10.2. The van der Waals surface area contributed by atoms with Crippen LogP contribution >= 0.6 is 0 Å². The highest BCUT2D eigenvalue weighted by Gasteiger charge is 2.01. The van der Waals surface area contributed by atoms with E-state index in [2.05, 4.69) is 23.6 Å². The van der Waals surface area contributed by atoms with E-state index in [-0.39, 0.29) is 6.03 Å². The molecule has 0 radical (unpaired) electrons. The first-order chi connectivity index (χ1) is 9.63. The molecule has 0 unspecified atom stereocenters. The van der Waals surface area contributed by atoms with Crippen LogP contribution in [0.25, 0.3) is 0 Å². The Morgan fingerprint density at radius 2 is 2.10 bits per heavy atom. The zero-order chi connectivity index (χ0) is 14.8. The van der Waals surface area contributed by atoms with Gasteiger partial charge in [0.2, 0.25) is 0 Å². The van der Waals surface area contributed by atoms with Gasteiger partial charge in [0, 0.05) is 33.7 Å². The number of benzene rings is 1. The largest absolute Gasteiger partial charge is 0.494 e. The fraction of sp³-hybridized carbons (Fsp3) is 0.533. The summed E-state index contributed by atoms with van der Waals surface area (Å²) in [6, 6.07) is 8.00. The number of hydrogen-bond acceptors (Lipinski definition) is 3. The van der Waals surface area contributed by atoms with Crippen LogP contribution in [0.1, 0.15) is 18.9 Å². The van der Waals surface area contributed by atoms with Gasteiger partial charge in [-0.2, -0.15) is 0 Å². The molecule has 112 valence electrons. The number of amides is 2. The zero-order valence-electron chi connectivity index (χ0n) is 12.6. The number of nitrogens with zero attached hydrogens (tertiary/aromatic N) is 1. The lowest BCUT2D eigenvalue weighted by molar-refractivity contribution is 0.217. The quantitative estimate of drug-likeness (QED) is 0.714. The summed E-state index contributed by atoms with van der Waals surface area (Å²) in [4.78, 5) is 12.8. The van der Waals surface area contributed by atoms with Crippen molar-refractivity contribution in [3.05, 3.63) is 29.8 Å². The topological polar surface area (TPSA) is 53.6 Å². The summed E-state index contributed by atoms with van der Waals surface area (Å²) in [5.41, 5.74) is 1.18. The van der Waals surface area contributed by atoms with Crippen molar-refractivity contribution in [2.45, 2.75) is 19.9 Å². The van der Waals surface area contributed by atoms with E-state index in [0.29, 0.717) is 6.54 Å². The monoisotopic (exact) mass is 279 g/mol. The Bertz CT molecular complexity index is 408. The molecule has 0 spiro atoms. The summed E-state index contributed by atoms with van der Waals surface area (Å²) in [7, 11) is 3.45. The Morgan fingerprint density at radius 1 is 1.30 bits per heavy atom. The predicted molar refractivity (Wildman–Crippen MR) is 81.0 cm³/mol. The van der Waals surface area contributed by atoms with Crippen molar-refractivity contribution in [1.82, 2.24) is 15.5 Å². The molecule has 0 saturated carbocycles. The molecular formula is C15H25N3O2. The molecule has 5 heteroatoms. The molecule has 0 heterocycles. The van der Waals surface area contributed by atoms with Gasteiger partial charge in [-0.15, -0.1) is 0 Å². The summed E-state index contributed by atoms with van der Waals surface area (Å²) in [5.74, 6) is 0.909. The summed E-state index contributed by atoms with van der Waals surface area (Å²) >= 11 is 0. The van der Waals surface area contributed by atoms with Crippen LogP contribution in [0.15, 0.2) is 24.3 Å². The van der Waals surface area contributed by atoms with Gasteiger partial charge in [-0.25, -0.2) is 4.79 Å². The highest BCUT2D eigenvalue weighted by Crippen LogP contribution is 2.13. The Balaban J connectivity index is 2.23. The van der Waals surface area contributed by atoms with Crippen LogP contribution in [-0.2, 0) is 6.54 Å². The van der Waals surface area contributed by atoms with E-state index in [0.717, 1.165) is 31.9 Å². The minimum Gasteiger partial charge on any atom is -0.494 e. The lowest BCUT2D eigenvalue weighted by Gasteiger charge is -2.12. The number of rotatable bonds is 8. The Hall–Kier alpha value is -1.75. The molecule has 0 aliphatic rings. The van der Waals surface area contributed by atoms with E-state index < -0.39 is 0 Å². The fourth-order valence-corrected chi connectivity index (χ4v) is 1.61. The number of carbonyl (C=O) groups is 1. The van der Waals surface area contributed by atoms with Crippen LogP contribution in [-0.4, -0.2) is 44.7 Å². The molecule has 1 aromatic carbocycles. The molecule has 0 aliphatic carbocycles. The van der Waals surface area contributed by atoms with E-state index in [1.165, 1.54) is 10.5 Å². The third-order valence-electron chi connectivity index (χ3n) is 2.68. The minimum absolute atomic E-state index is 0.0678. The second kappa shape index (κ2) is 9.20. The molecule has 1 aromatic rings. The number of hydrogen-bond donors (Lipinski definition) is 2. The van der Waals surface area contributed by atoms with Gasteiger partial charge in [0.05, 0.1) is 6.61 Å². The van der Waals surface area contributed by atoms with Crippen molar-refractivity contribution < 1.29 is 9.53 Å². The molecule has 0 fully saturated rings. The summed E-state index contributed by atoms with van der Waals surface area (Å²) < 4.78 is 5.59. The second-order valence-electron chi connectivity index (χ2n) is 4.80. The van der Waals surface area contributed by atoms with Crippen LogP contribution in [0.2, 0.25) is 0 Å². The summed E-state index contributed by atoms with van der Waals surface area (Å²) in [5, 5.41) is 6.10. The standard InChI is InChI=1S/C15H25N3O2/c1-4-10-20-14-7-5-6-13(11-14)12-16-8-9-17-15(19)18(2)3/h5-7,11,16H,4,8-10,12H2,1-3H3,(H,17,19). The highest BCUT2D eigenvalue weighted by atomic mass is 16.5. The van der Waals surface area contributed by atoms with Crippen molar-refractivity contribution in [2.24, 2.45) is 0 Å². The first-order valence-electron chi connectivity index (χ1n) is 7.01. The highest BCUT2D eigenvalue weighted by molar-refractivity contribution is 5.73. The lowest BCUT2D eigenvalue weighted by Crippen LogP contribution is -2.38. The number of carbonyl (C=O) groups excluding carboxylic acids is 1. The first kappa shape index (κ1) is 16.3. The van der Waals surface area contributed by atoms with Crippen LogP contribution in [0.3, 0.4) is 0 Å². The average molecular weight is 279 g/mol. The van der Waals surface area contributed by atoms with Gasteiger partial charge in [0.1, 0.15) is 5.75 Å². The molecule has 0 bridgehead atoms. The maximum absolute atomic E-state index is 11.3. The minimum atomic E-state index is -0.0678. The van der Waals surface area contributed by atoms with Gasteiger partial charge in [-0.1, -0.05) is 19.1 Å². The molecule has 2 amide bonds. The molecule has 20 heavy (non-hydrogen) atoms. The zero-order valence-corrected chi connectivity index (χ0v) is 12.6. The van der Waals surface area contributed by atoms with Crippen molar-refractivity contribution in [3.63, 3.8) is 0 Å². The van der Waals surface area contributed by atoms with Crippen LogP contribution in [0, 0.1) is 0 Å². The van der Waals surface area contributed by atoms with Crippen molar-refractivity contribution >= 4 is 6.03 Å². The third kappa shape index (κ3) is 6.43. The van der Waals surface area contributed by atoms with Crippen molar-refractivity contribution in [2.75, 3.05) is 33.8 Å². The van der Waals surface area contributed by atoms with Crippen molar-refractivity contribution in [3.8, 4) is 5.75 Å². The average Bonchev–Trinajstić information content (AvgIpc) is 2.45. The maximum atomic E-state index is 11.3. The summed E-state index contributed by atoms with van der Waals surface area (Å²) in [6.07, 6.45) is 1.01. The smallest absolute Gasteiger partial charge is 0.316 e. The van der Waals surface area contributed by atoms with Gasteiger partial charge in [0.15, 0.2) is 0 Å². The van der Waals surface area contributed by atoms with Crippen LogP contribution < -0.4 is 15.4 Å². The molecular weight excluding hydrogens is 254 g/mol. The van der Waals surface area contributed by atoms with Gasteiger partial charge < -0.3 is 20.3 Å². The summed E-state index contributed by atoms with van der Waals surface area (Å²) in [6.45, 7) is 4.95. The second-order valence-corrected chi connectivity index (χ2v) is 4.80. The predicted octanol–water partition coefficient (Wildman–Crippen LogP) is 1.84. The SMILES string of the molecule is CCCOc1cccc(CNCCNC(=O)N(C)C)c1. The number of urea groups is 1. The molecule has 0 saturated heterocycles. The van der Waals surface area contributed by atoms with Gasteiger partial charge in [-0.05, 0) is 24.1 Å². The first-order valence-corrected chi connectivity index (χ1v) is 7.01. The number of ether oxygens (including phenoxy) is 1.